The van der Waals surface area contributed by atoms with E-state index in [2.05, 4.69) is 10.6 Å². The molecule has 1 saturated heterocycles. The zero-order valence-corrected chi connectivity index (χ0v) is 17.3. The van der Waals surface area contributed by atoms with Gasteiger partial charge in [-0.15, -0.1) is 23.1 Å². The zero-order chi connectivity index (χ0) is 22.1. The predicted molar refractivity (Wildman–Crippen MR) is 106 cm³/mol. The number of carbonyl (C=O) groups is 5. The van der Waals surface area contributed by atoms with Gasteiger partial charge in [0.05, 0.1) is 6.42 Å². The maximum absolute atomic E-state index is 13.0. The van der Waals surface area contributed by atoms with Crippen LogP contribution in [0.2, 0.25) is 0 Å². The molecular weight excluding hydrogens is 436 g/mol. The highest BCUT2D eigenvalue weighted by Crippen LogP contribution is 2.45. The van der Waals surface area contributed by atoms with E-state index < -0.39 is 40.8 Å². The minimum absolute atomic E-state index is 0.0240. The molecule has 0 bridgehead atoms. The summed E-state index contributed by atoms with van der Waals surface area (Å²) in [6, 6.07) is 2.47. The molecule has 0 aliphatic carbocycles. The third-order valence-electron chi connectivity index (χ3n) is 4.38. The van der Waals surface area contributed by atoms with Gasteiger partial charge in [-0.2, -0.15) is 0 Å². The van der Waals surface area contributed by atoms with Gasteiger partial charge >= 0.3 is 18.0 Å². The van der Waals surface area contributed by atoms with Crippen molar-refractivity contribution in [1.29, 1.82) is 0 Å². The minimum Gasteiger partial charge on any atom is -0.477 e. The average Bonchev–Trinajstić information content (AvgIpc) is 3.16. The molecule has 2 aliphatic heterocycles. The standard InChI is InChI=1S/C17H18N4O7S2/c1-8(22)28-6-9-7-30-15-17(20-16(18)27,14(26)21(15)12(9)13(24)25)19-11(23)5-10-3-2-4-29-10/h2-4,15H,5-7H2,1H3,(H,19,23)(H,24,25)(H3,18,20,27)/t15-,17-/m1/s1. The number of esters is 1. The fourth-order valence-electron chi connectivity index (χ4n) is 3.21. The lowest BCUT2D eigenvalue weighted by atomic mass is 9.94. The highest BCUT2D eigenvalue weighted by molar-refractivity contribution is 8.00. The number of nitrogens with zero attached hydrogens (tertiary/aromatic N) is 1. The van der Waals surface area contributed by atoms with Crippen molar-refractivity contribution in [1.82, 2.24) is 15.5 Å². The molecule has 5 N–H and O–H groups in total. The number of thioether (sulfide) groups is 1. The first kappa shape index (κ1) is 21.6. The molecule has 0 unspecified atom stereocenters. The van der Waals surface area contributed by atoms with Gasteiger partial charge in [0, 0.05) is 23.1 Å². The summed E-state index contributed by atoms with van der Waals surface area (Å²) in [5.41, 5.74) is 3.22. The van der Waals surface area contributed by atoms with Crippen LogP contribution < -0.4 is 16.4 Å². The molecule has 11 nitrogen and oxygen atoms in total. The highest BCUT2D eigenvalue weighted by Gasteiger charge is 2.66. The molecule has 0 radical (unpaired) electrons. The van der Waals surface area contributed by atoms with Gasteiger partial charge < -0.3 is 26.2 Å². The number of rotatable bonds is 7. The number of nitrogens with one attached hydrogen (secondary N) is 2. The van der Waals surface area contributed by atoms with Crippen molar-refractivity contribution < 1.29 is 33.8 Å². The Morgan fingerprint density at radius 3 is 2.67 bits per heavy atom. The Morgan fingerprint density at radius 2 is 2.10 bits per heavy atom. The first-order chi connectivity index (χ1) is 14.2. The van der Waals surface area contributed by atoms with Crippen LogP contribution in [0.15, 0.2) is 28.8 Å². The largest absolute Gasteiger partial charge is 0.477 e. The van der Waals surface area contributed by atoms with Crippen molar-refractivity contribution in [2.24, 2.45) is 5.73 Å². The number of fused-ring (bicyclic) bond motifs is 1. The molecule has 160 valence electrons. The quantitative estimate of drug-likeness (QED) is 0.245. The second-order valence-corrected chi connectivity index (χ2v) is 8.58. The Morgan fingerprint density at radius 1 is 1.37 bits per heavy atom. The van der Waals surface area contributed by atoms with E-state index in [1.54, 1.807) is 17.5 Å². The molecule has 1 aromatic heterocycles. The number of primary amides is 1. The van der Waals surface area contributed by atoms with Crippen LogP contribution in [0.25, 0.3) is 0 Å². The summed E-state index contributed by atoms with van der Waals surface area (Å²) in [4.78, 5) is 61.7. The Bertz CT molecular complexity index is 946. The number of nitrogens with two attached hydrogens (primary N) is 1. The van der Waals surface area contributed by atoms with Gasteiger partial charge in [0.1, 0.15) is 17.7 Å². The van der Waals surface area contributed by atoms with Crippen LogP contribution in [0.1, 0.15) is 11.8 Å². The third-order valence-corrected chi connectivity index (χ3v) is 6.65. The fourth-order valence-corrected chi connectivity index (χ4v) is 5.31. The van der Waals surface area contributed by atoms with E-state index >= 15 is 0 Å². The lowest BCUT2D eigenvalue weighted by Gasteiger charge is -2.56. The maximum Gasteiger partial charge on any atom is 0.352 e. The normalized spacial score (nSPS) is 22.6. The number of thiophene rings is 1. The third kappa shape index (κ3) is 3.98. The number of aliphatic carboxylic acids is 1. The van der Waals surface area contributed by atoms with E-state index in [0.717, 1.165) is 21.5 Å². The number of carboxylic acids is 1. The van der Waals surface area contributed by atoms with Gasteiger partial charge in [-0.05, 0) is 11.4 Å². The summed E-state index contributed by atoms with van der Waals surface area (Å²) in [6.07, 6.45) is -0.0240. The number of amides is 4. The van der Waals surface area contributed by atoms with E-state index in [4.69, 9.17) is 10.5 Å². The maximum atomic E-state index is 13.0. The Balaban J connectivity index is 1.88. The summed E-state index contributed by atoms with van der Waals surface area (Å²) in [6.45, 7) is 0.890. The molecule has 3 rings (SSSR count). The molecule has 0 saturated carbocycles. The predicted octanol–water partition coefficient (Wildman–Crippen LogP) is -0.412. The van der Waals surface area contributed by atoms with Crippen LogP contribution in [0.3, 0.4) is 0 Å². The molecule has 30 heavy (non-hydrogen) atoms. The minimum atomic E-state index is -1.88. The molecule has 13 heteroatoms. The molecule has 4 amide bonds. The van der Waals surface area contributed by atoms with Crippen LogP contribution in [-0.4, -0.2) is 63.2 Å². The van der Waals surface area contributed by atoms with Crippen molar-refractivity contribution in [3.05, 3.63) is 33.7 Å². The second kappa shape index (κ2) is 8.36. The monoisotopic (exact) mass is 454 g/mol. The van der Waals surface area contributed by atoms with Crippen LogP contribution in [0.4, 0.5) is 4.79 Å². The number of carboxylic acid groups (broad SMARTS) is 1. The van der Waals surface area contributed by atoms with Gasteiger partial charge in [0.2, 0.25) is 11.6 Å². The van der Waals surface area contributed by atoms with Crippen LogP contribution in [-0.2, 0) is 30.3 Å². The average molecular weight is 454 g/mol. The van der Waals surface area contributed by atoms with Gasteiger partial charge in [-0.25, -0.2) is 9.59 Å². The van der Waals surface area contributed by atoms with Crippen LogP contribution in [0.5, 0.6) is 0 Å². The Hall–Kier alpha value is -3.06. The summed E-state index contributed by atoms with van der Waals surface area (Å²) in [5.74, 6) is -3.28. The summed E-state index contributed by atoms with van der Waals surface area (Å²) < 4.78 is 4.87. The summed E-state index contributed by atoms with van der Waals surface area (Å²) in [5, 5.41) is 15.3. The van der Waals surface area contributed by atoms with Crippen molar-refractivity contribution in [2.45, 2.75) is 24.4 Å². The van der Waals surface area contributed by atoms with E-state index in [-0.39, 0.29) is 30.1 Å². The molecule has 2 atom stereocenters. The number of hydrogen-bond acceptors (Lipinski definition) is 8. The Labute approximate surface area is 178 Å². The van der Waals surface area contributed by atoms with Crippen molar-refractivity contribution in [3.63, 3.8) is 0 Å². The number of urea groups is 1. The van der Waals surface area contributed by atoms with Crippen molar-refractivity contribution in [2.75, 3.05) is 12.4 Å². The van der Waals surface area contributed by atoms with Gasteiger partial charge in [0.25, 0.3) is 5.91 Å². The molecule has 2 aliphatic rings. The first-order valence-electron chi connectivity index (χ1n) is 8.60. The van der Waals surface area contributed by atoms with Gasteiger partial charge in [-0.3, -0.25) is 19.3 Å². The zero-order valence-electron chi connectivity index (χ0n) is 15.7. The number of β-lactam (4-membered cyclic amide) rings is 1. The van der Waals surface area contributed by atoms with Crippen molar-refractivity contribution in [3.8, 4) is 0 Å². The van der Waals surface area contributed by atoms with E-state index in [1.165, 1.54) is 18.3 Å². The molecule has 1 aromatic rings. The molecule has 3 heterocycles. The molecule has 0 aromatic carbocycles. The van der Waals surface area contributed by atoms with Crippen LogP contribution in [0, 0.1) is 0 Å². The van der Waals surface area contributed by atoms with Crippen LogP contribution >= 0.6 is 23.1 Å². The second-order valence-electron chi connectivity index (χ2n) is 6.48. The summed E-state index contributed by atoms with van der Waals surface area (Å²) >= 11 is 2.46. The lowest BCUT2D eigenvalue weighted by Crippen LogP contribution is -2.86. The van der Waals surface area contributed by atoms with E-state index in [9.17, 15) is 29.1 Å². The summed E-state index contributed by atoms with van der Waals surface area (Å²) in [7, 11) is 0. The van der Waals surface area contributed by atoms with E-state index in [1.807, 2.05) is 0 Å². The van der Waals surface area contributed by atoms with Crippen molar-refractivity contribution >= 4 is 52.9 Å². The Kier molecular flexibility index (Phi) is 6.03. The lowest BCUT2D eigenvalue weighted by molar-refractivity contribution is -0.161. The van der Waals surface area contributed by atoms with Gasteiger partial charge in [0.15, 0.2) is 0 Å². The molecular formula is C17H18N4O7S2. The topological polar surface area (TPSA) is 168 Å². The smallest absolute Gasteiger partial charge is 0.352 e. The van der Waals surface area contributed by atoms with E-state index in [0.29, 0.717) is 0 Å². The van der Waals surface area contributed by atoms with Gasteiger partial charge in [-0.1, -0.05) is 6.07 Å². The molecule has 1 fully saturated rings. The number of hydrogen-bond donors (Lipinski definition) is 4. The fraction of sp³-hybridized carbons (Fsp3) is 0.353. The highest BCUT2D eigenvalue weighted by atomic mass is 32.2. The SMILES string of the molecule is CC(=O)OCC1=C(C(=O)O)N2C(=O)[C@](NC(N)=O)(NC(=O)Cc3cccs3)[C@H]2SC1. The molecule has 0 spiro atoms. The number of carbonyl (C=O) groups excluding carboxylic acids is 4. The first-order valence-corrected chi connectivity index (χ1v) is 10.5. The number of ether oxygens (including phenoxy) is 1.